The van der Waals surface area contributed by atoms with Gasteiger partial charge in [-0.25, -0.2) is 0 Å². The van der Waals surface area contributed by atoms with Crippen LogP contribution in [0.3, 0.4) is 0 Å². The van der Waals surface area contributed by atoms with Gasteiger partial charge in [-0.1, -0.05) is 43.9 Å². The Bertz CT molecular complexity index is 284. The van der Waals surface area contributed by atoms with Crippen LogP contribution in [-0.2, 0) is 0 Å². The number of nitrogens with zero attached hydrogens (tertiary/aromatic N) is 1. The average Bonchev–Trinajstić information content (AvgIpc) is 2.37. The molecular weight excluding hydrogens is 222 g/mol. The second-order valence-corrected chi connectivity index (χ2v) is 5.09. The lowest BCUT2D eigenvalue weighted by Crippen LogP contribution is -2.12. The third-order valence-corrected chi connectivity index (χ3v) is 3.01. The lowest BCUT2D eigenvalue weighted by molar-refractivity contribution is 0.304. The van der Waals surface area contributed by atoms with Crippen LogP contribution >= 0.6 is 0 Å². The zero-order valence-corrected chi connectivity index (χ0v) is 11.9. The van der Waals surface area contributed by atoms with Crippen LogP contribution in [0.2, 0.25) is 0 Å². The summed E-state index contributed by atoms with van der Waals surface area (Å²) in [6, 6.07) is 10.1. The minimum atomic E-state index is 0.849. The number of hydrogen-bond donors (Lipinski definition) is 0. The number of rotatable bonds is 10. The molecule has 0 heterocycles. The van der Waals surface area contributed by atoms with Gasteiger partial charge in [-0.05, 0) is 45.6 Å². The van der Waals surface area contributed by atoms with E-state index in [0.717, 1.165) is 12.4 Å². The molecule has 0 bridgehead atoms. The van der Waals surface area contributed by atoms with Crippen molar-refractivity contribution >= 4 is 0 Å². The highest BCUT2D eigenvalue weighted by Gasteiger charge is 1.94. The van der Waals surface area contributed by atoms with Crippen molar-refractivity contribution < 1.29 is 4.74 Å². The molecule has 0 atom stereocenters. The summed E-state index contributed by atoms with van der Waals surface area (Å²) in [6.45, 7) is 2.07. The van der Waals surface area contributed by atoms with E-state index in [2.05, 4.69) is 19.0 Å². The van der Waals surface area contributed by atoms with Crippen molar-refractivity contribution in [1.29, 1.82) is 0 Å². The van der Waals surface area contributed by atoms with Gasteiger partial charge in [0, 0.05) is 0 Å². The molecule has 0 saturated heterocycles. The predicted octanol–water partition coefficient (Wildman–Crippen LogP) is 3.97. The molecule has 0 saturated carbocycles. The maximum absolute atomic E-state index is 5.66. The predicted molar refractivity (Wildman–Crippen MR) is 78.2 cm³/mol. The summed E-state index contributed by atoms with van der Waals surface area (Å²) in [5.74, 6) is 0.989. The van der Waals surface area contributed by atoms with Crippen molar-refractivity contribution in [3.63, 3.8) is 0 Å². The van der Waals surface area contributed by atoms with Gasteiger partial charge in [0.15, 0.2) is 0 Å². The standard InChI is InChI=1S/C16H27NO/c1-17(2)14-10-5-3-4-6-11-15-18-16-12-8-7-9-13-16/h7-9,12-13H,3-6,10-11,14-15H2,1-2H3. The van der Waals surface area contributed by atoms with Gasteiger partial charge in [-0.2, -0.15) is 0 Å². The van der Waals surface area contributed by atoms with Gasteiger partial charge in [0.1, 0.15) is 5.75 Å². The van der Waals surface area contributed by atoms with Gasteiger partial charge in [0.05, 0.1) is 6.61 Å². The molecule has 0 aliphatic carbocycles. The van der Waals surface area contributed by atoms with Crippen LogP contribution in [0.25, 0.3) is 0 Å². The summed E-state index contributed by atoms with van der Waals surface area (Å²) >= 11 is 0. The van der Waals surface area contributed by atoms with Crippen LogP contribution in [0.1, 0.15) is 38.5 Å². The average molecular weight is 249 g/mol. The van der Waals surface area contributed by atoms with Crippen molar-refractivity contribution in [2.45, 2.75) is 38.5 Å². The van der Waals surface area contributed by atoms with E-state index in [0.29, 0.717) is 0 Å². The Morgan fingerprint density at radius 1 is 0.833 bits per heavy atom. The van der Waals surface area contributed by atoms with Crippen molar-refractivity contribution in [1.82, 2.24) is 4.90 Å². The van der Waals surface area contributed by atoms with Crippen LogP contribution in [0, 0.1) is 0 Å². The number of unbranched alkanes of at least 4 members (excludes halogenated alkanes) is 5. The van der Waals surface area contributed by atoms with Gasteiger partial charge in [-0.15, -0.1) is 0 Å². The molecule has 0 unspecified atom stereocenters. The van der Waals surface area contributed by atoms with E-state index in [1.54, 1.807) is 0 Å². The molecule has 1 rings (SSSR count). The van der Waals surface area contributed by atoms with E-state index < -0.39 is 0 Å². The highest BCUT2D eigenvalue weighted by atomic mass is 16.5. The molecule has 0 aliphatic heterocycles. The molecule has 2 nitrogen and oxygen atoms in total. The fourth-order valence-electron chi connectivity index (χ4n) is 1.94. The summed E-state index contributed by atoms with van der Waals surface area (Å²) in [7, 11) is 4.28. The van der Waals surface area contributed by atoms with Crippen LogP contribution in [0.4, 0.5) is 0 Å². The van der Waals surface area contributed by atoms with Crippen LogP contribution in [0.15, 0.2) is 30.3 Å². The molecule has 0 spiro atoms. The molecule has 1 aromatic carbocycles. The molecule has 0 fully saturated rings. The Morgan fingerprint density at radius 3 is 2.11 bits per heavy atom. The Labute approximate surface area is 112 Å². The normalized spacial score (nSPS) is 10.8. The summed E-state index contributed by atoms with van der Waals surface area (Å²) in [4.78, 5) is 2.26. The van der Waals surface area contributed by atoms with E-state index in [1.165, 1.54) is 45.1 Å². The second-order valence-electron chi connectivity index (χ2n) is 5.09. The van der Waals surface area contributed by atoms with Gasteiger partial charge in [0.2, 0.25) is 0 Å². The topological polar surface area (TPSA) is 12.5 Å². The molecule has 1 aromatic rings. The zero-order chi connectivity index (χ0) is 13.1. The maximum Gasteiger partial charge on any atom is 0.119 e. The quantitative estimate of drug-likeness (QED) is 0.582. The molecule has 0 amide bonds. The van der Waals surface area contributed by atoms with Gasteiger partial charge in [0.25, 0.3) is 0 Å². The summed E-state index contributed by atoms with van der Waals surface area (Å²) < 4.78 is 5.66. The van der Waals surface area contributed by atoms with E-state index in [1.807, 2.05) is 30.3 Å². The molecule has 2 heteroatoms. The fourth-order valence-corrected chi connectivity index (χ4v) is 1.94. The molecule has 102 valence electrons. The van der Waals surface area contributed by atoms with Crippen LogP contribution in [-0.4, -0.2) is 32.1 Å². The van der Waals surface area contributed by atoms with E-state index in [9.17, 15) is 0 Å². The van der Waals surface area contributed by atoms with Gasteiger partial charge in [-0.3, -0.25) is 0 Å². The van der Waals surface area contributed by atoms with Gasteiger partial charge >= 0.3 is 0 Å². The Balaban J connectivity index is 1.84. The molecule has 18 heavy (non-hydrogen) atoms. The van der Waals surface area contributed by atoms with E-state index in [4.69, 9.17) is 4.74 Å². The smallest absolute Gasteiger partial charge is 0.119 e. The van der Waals surface area contributed by atoms with E-state index in [-0.39, 0.29) is 0 Å². The highest BCUT2D eigenvalue weighted by Crippen LogP contribution is 2.10. The van der Waals surface area contributed by atoms with Crippen molar-refractivity contribution in [2.24, 2.45) is 0 Å². The first-order valence-corrected chi connectivity index (χ1v) is 7.11. The summed E-state index contributed by atoms with van der Waals surface area (Å²) in [6.07, 6.45) is 7.84. The Hall–Kier alpha value is -1.02. The summed E-state index contributed by atoms with van der Waals surface area (Å²) in [5.41, 5.74) is 0. The Kier molecular flexibility index (Phi) is 8.32. The van der Waals surface area contributed by atoms with Crippen molar-refractivity contribution in [3.8, 4) is 5.75 Å². The van der Waals surface area contributed by atoms with Crippen LogP contribution < -0.4 is 4.74 Å². The second kappa shape index (κ2) is 9.95. The number of para-hydroxylation sites is 1. The molecular formula is C16H27NO. The first kappa shape index (κ1) is 15.0. The highest BCUT2D eigenvalue weighted by molar-refractivity contribution is 5.20. The third-order valence-electron chi connectivity index (χ3n) is 3.01. The minimum absolute atomic E-state index is 0.849. The largest absolute Gasteiger partial charge is 0.494 e. The molecule has 0 aromatic heterocycles. The zero-order valence-electron chi connectivity index (χ0n) is 11.9. The SMILES string of the molecule is CN(C)CCCCCCCCOc1ccccc1. The molecule has 0 N–H and O–H groups in total. The fraction of sp³-hybridized carbons (Fsp3) is 0.625. The third kappa shape index (κ3) is 8.13. The number of hydrogen-bond acceptors (Lipinski definition) is 2. The lowest BCUT2D eigenvalue weighted by atomic mass is 10.1. The first-order valence-electron chi connectivity index (χ1n) is 7.11. The maximum atomic E-state index is 5.66. The monoisotopic (exact) mass is 249 g/mol. The Morgan fingerprint density at radius 2 is 1.44 bits per heavy atom. The summed E-state index contributed by atoms with van der Waals surface area (Å²) in [5, 5.41) is 0. The van der Waals surface area contributed by atoms with Crippen molar-refractivity contribution in [3.05, 3.63) is 30.3 Å². The first-order chi connectivity index (χ1) is 8.79. The van der Waals surface area contributed by atoms with Crippen LogP contribution in [0.5, 0.6) is 5.75 Å². The van der Waals surface area contributed by atoms with Crippen molar-refractivity contribution in [2.75, 3.05) is 27.2 Å². The molecule has 0 aliphatic rings. The minimum Gasteiger partial charge on any atom is -0.494 e. The lowest BCUT2D eigenvalue weighted by Gasteiger charge is -2.08. The molecule has 0 radical (unpaired) electrons. The number of ether oxygens (including phenoxy) is 1. The van der Waals surface area contributed by atoms with E-state index >= 15 is 0 Å². The van der Waals surface area contributed by atoms with Gasteiger partial charge < -0.3 is 9.64 Å². The number of benzene rings is 1.